The van der Waals surface area contributed by atoms with Gasteiger partial charge in [-0.25, -0.2) is 4.79 Å². The Kier molecular flexibility index (Phi) is 14.0. The quantitative estimate of drug-likeness (QED) is 0.225. The lowest BCUT2D eigenvalue weighted by Crippen LogP contribution is -2.61. The van der Waals surface area contributed by atoms with Crippen molar-refractivity contribution < 1.29 is 44.2 Å². The number of thioether (sulfide) groups is 2. The number of carbonyl (C=O) groups is 2. The molecule has 3 fully saturated rings. The van der Waals surface area contributed by atoms with E-state index in [1.54, 1.807) is 20.8 Å². The molecule has 5 N–H and O–H groups in total. The van der Waals surface area contributed by atoms with Crippen LogP contribution in [0.2, 0.25) is 0 Å². The van der Waals surface area contributed by atoms with Crippen LogP contribution in [0.3, 0.4) is 0 Å². The van der Waals surface area contributed by atoms with E-state index in [-0.39, 0.29) is 18.9 Å². The van der Waals surface area contributed by atoms with E-state index < -0.39 is 70.9 Å². The Labute approximate surface area is 293 Å². The van der Waals surface area contributed by atoms with Gasteiger partial charge in [-0.2, -0.15) is 0 Å². The fourth-order valence-electron chi connectivity index (χ4n) is 7.13. The van der Waals surface area contributed by atoms with Gasteiger partial charge in [0, 0.05) is 35.6 Å². The minimum absolute atomic E-state index is 0.0626. The molecule has 0 radical (unpaired) electrons. The van der Waals surface area contributed by atoms with E-state index in [2.05, 4.69) is 19.2 Å². The van der Waals surface area contributed by atoms with Gasteiger partial charge in [-0.1, -0.05) is 32.9 Å². The number of ether oxygens (including phenoxy) is 3. The van der Waals surface area contributed by atoms with Crippen molar-refractivity contribution in [3.8, 4) is 0 Å². The van der Waals surface area contributed by atoms with Gasteiger partial charge in [0.2, 0.25) is 5.91 Å². The Balaban J connectivity index is 1.68. The minimum atomic E-state index is -1.51. The molecule has 1 aromatic rings. The summed E-state index contributed by atoms with van der Waals surface area (Å²) in [6.07, 6.45) is -1.77. The van der Waals surface area contributed by atoms with Crippen molar-refractivity contribution in [2.45, 2.75) is 138 Å². The number of rotatable bonds is 10. The van der Waals surface area contributed by atoms with Crippen LogP contribution in [0.15, 0.2) is 29.2 Å². The molecule has 0 bridgehead atoms. The number of likely N-dealkylation sites (tertiary alicyclic amines) is 1. The number of aliphatic hydroxyl groups is 4. The standard InChI is InChI=1S/C35H56N2O9S2/c1-19(2)14-22-12-13-44-31-23(15-22)17-37(34(43)46-35(4,5)6)28(31)33(42)36-27(20(3)48-24-10-8-21(18-38)9-11-24)32-30(41)29(40)25(39)16-26(45-32)47-7/h8-11,19-20,22-23,25-32,38-41H,12-18H2,1-7H3,(H,36,42)/t20-,22-,23-,25-,26?,27+,28-,29?,30?,31+,32+/m0/s1. The molecule has 272 valence electrons. The highest BCUT2D eigenvalue weighted by atomic mass is 32.2. The summed E-state index contributed by atoms with van der Waals surface area (Å²) in [7, 11) is 0. The number of nitrogens with zero attached hydrogens (tertiary/aromatic N) is 1. The van der Waals surface area contributed by atoms with Gasteiger partial charge < -0.3 is 40.0 Å². The minimum Gasteiger partial charge on any atom is -0.444 e. The van der Waals surface area contributed by atoms with Gasteiger partial charge in [0.15, 0.2) is 0 Å². The zero-order valence-corrected chi connectivity index (χ0v) is 30.9. The molecule has 3 aliphatic rings. The highest BCUT2D eigenvalue weighted by Gasteiger charge is 2.53. The van der Waals surface area contributed by atoms with Crippen LogP contribution in [0.25, 0.3) is 0 Å². The number of hydrogen-bond donors (Lipinski definition) is 5. The lowest BCUT2D eigenvalue weighted by Gasteiger charge is -2.38. The molecular formula is C35H56N2O9S2. The lowest BCUT2D eigenvalue weighted by atomic mass is 9.85. The average molecular weight is 713 g/mol. The maximum Gasteiger partial charge on any atom is 0.411 e. The first-order valence-electron chi connectivity index (χ1n) is 17.1. The second-order valence-corrected chi connectivity index (χ2v) is 17.4. The summed E-state index contributed by atoms with van der Waals surface area (Å²) in [5.74, 6) is 0.403. The molecule has 2 amide bonds. The molecule has 3 saturated heterocycles. The van der Waals surface area contributed by atoms with E-state index in [9.17, 15) is 30.0 Å². The number of carbonyl (C=O) groups excluding carboxylic acids is 2. The molecule has 4 rings (SSSR count). The van der Waals surface area contributed by atoms with Crippen LogP contribution in [-0.2, 0) is 25.6 Å². The molecule has 11 atom stereocenters. The van der Waals surface area contributed by atoms with Crippen LogP contribution in [0.1, 0.15) is 72.8 Å². The number of benzene rings is 1. The Morgan fingerprint density at radius 2 is 1.77 bits per heavy atom. The van der Waals surface area contributed by atoms with Crippen LogP contribution < -0.4 is 5.32 Å². The van der Waals surface area contributed by atoms with E-state index in [1.807, 2.05) is 37.4 Å². The van der Waals surface area contributed by atoms with Crippen LogP contribution in [0.4, 0.5) is 4.79 Å². The highest BCUT2D eigenvalue weighted by molar-refractivity contribution is 8.00. The van der Waals surface area contributed by atoms with E-state index >= 15 is 0 Å². The van der Waals surface area contributed by atoms with Crippen molar-refractivity contribution in [2.24, 2.45) is 17.8 Å². The maximum atomic E-state index is 14.6. The predicted molar refractivity (Wildman–Crippen MR) is 187 cm³/mol. The Morgan fingerprint density at radius 1 is 1.08 bits per heavy atom. The van der Waals surface area contributed by atoms with Gasteiger partial charge >= 0.3 is 6.09 Å². The summed E-state index contributed by atoms with van der Waals surface area (Å²) in [6, 6.07) is 5.54. The number of fused-ring (bicyclic) bond motifs is 1. The molecule has 13 heteroatoms. The van der Waals surface area contributed by atoms with Crippen molar-refractivity contribution >= 4 is 35.5 Å². The van der Waals surface area contributed by atoms with Gasteiger partial charge in [-0.15, -0.1) is 23.5 Å². The fourth-order valence-corrected chi connectivity index (χ4v) is 8.86. The van der Waals surface area contributed by atoms with Crippen LogP contribution in [-0.4, -0.2) is 116 Å². The predicted octanol–water partition coefficient (Wildman–Crippen LogP) is 3.78. The third-order valence-corrected chi connectivity index (χ3v) is 11.4. The van der Waals surface area contributed by atoms with Crippen LogP contribution >= 0.6 is 23.5 Å². The Hall–Kier alpha value is -1.58. The summed E-state index contributed by atoms with van der Waals surface area (Å²) in [5.41, 5.74) is -0.559. The molecular weight excluding hydrogens is 657 g/mol. The van der Waals surface area contributed by atoms with Crippen molar-refractivity contribution in [3.05, 3.63) is 29.8 Å². The number of hydrogen-bond acceptors (Lipinski definition) is 11. The number of aliphatic hydroxyl groups excluding tert-OH is 4. The molecule has 48 heavy (non-hydrogen) atoms. The van der Waals surface area contributed by atoms with E-state index in [4.69, 9.17) is 14.2 Å². The monoisotopic (exact) mass is 712 g/mol. The van der Waals surface area contributed by atoms with Crippen LogP contribution in [0, 0.1) is 17.8 Å². The third kappa shape index (κ3) is 10.0. The zero-order chi connectivity index (χ0) is 35.3. The zero-order valence-electron chi connectivity index (χ0n) is 29.3. The molecule has 3 aliphatic heterocycles. The fraction of sp³-hybridized carbons (Fsp3) is 0.771. The summed E-state index contributed by atoms with van der Waals surface area (Å²) in [5, 5.41) is 45.2. The second-order valence-electron chi connectivity index (χ2n) is 14.9. The van der Waals surface area contributed by atoms with E-state index in [0.717, 1.165) is 29.7 Å². The SMILES string of the molecule is CSC1C[C@H](O)C(O)C(O)[C@@H]([C@H](NC(=O)[C@@H]2[C@@H]3OCC[C@@H](CC(C)C)C[C@H]3CN2C(=O)OC(C)(C)C)[C@H](C)Sc2ccc(CO)cc2)O1. The molecule has 11 nitrogen and oxygen atoms in total. The smallest absolute Gasteiger partial charge is 0.411 e. The van der Waals surface area contributed by atoms with Gasteiger partial charge in [-0.3, -0.25) is 9.69 Å². The van der Waals surface area contributed by atoms with E-state index in [1.165, 1.54) is 28.4 Å². The van der Waals surface area contributed by atoms with E-state index in [0.29, 0.717) is 25.0 Å². The summed E-state index contributed by atoms with van der Waals surface area (Å²) < 4.78 is 18.5. The second kappa shape index (κ2) is 17.1. The molecule has 0 aliphatic carbocycles. The number of nitrogens with one attached hydrogen (secondary N) is 1. The number of amides is 2. The first-order chi connectivity index (χ1) is 22.6. The van der Waals surface area contributed by atoms with Crippen molar-refractivity contribution in [2.75, 3.05) is 19.4 Å². The van der Waals surface area contributed by atoms with Gasteiger partial charge in [0.05, 0.1) is 24.9 Å². The topological polar surface area (TPSA) is 158 Å². The van der Waals surface area contributed by atoms with Crippen molar-refractivity contribution in [1.82, 2.24) is 10.2 Å². The maximum absolute atomic E-state index is 14.6. The van der Waals surface area contributed by atoms with Crippen molar-refractivity contribution in [3.63, 3.8) is 0 Å². The first kappa shape index (κ1) is 39.2. The first-order valence-corrected chi connectivity index (χ1v) is 19.3. The Bertz CT molecular complexity index is 1200. The summed E-state index contributed by atoms with van der Waals surface area (Å²) in [4.78, 5) is 30.6. The molecule has 0 spiro atoms. The third-order valence-electron chi connectivity index (χ3n) is 9.40. The largest absolute Gasteiger partial charge is 0.444 e. The highest BCUT2D eigenvalue weighted by Crippen LogP contribution is 2.39. The lowest BCUT2D eigenvalue weighted by molar-refractivity contribution is -0.135. The van der Waals surface area contributed by atoms with Gasteiger partial charge in [0.1, 0.15) is 35.4 Å². The Morgan fingerprint density at radius 3 is 2.38 bits per heavy atom. The summed E-state index contributed by atoms with van der Waals surface area (Å²) in [6.45, 7) is 12.4. The average Bonchev–Trinajstić information content (AvgIpc) is 3.20. The van der Waals surface area contributed by atoms with Gasteiger partial charge in [-0.05, 0) is 75.8 Å². The van der Waals surface area contributed by atoms with Crippen LogP contribution in [0.5, 0.6) is 0 Å². The molecule has 3 heterocycles. The molecule has 3 unspecified atom stereocenters. The summed E-state index contributed by atoms with van der Waals surface area (Å²) >= 11 is 2.79. The molecule has 0 saturated carbocycles. The molecule has 0 aromatic heterocycles. The van der Waals surface area contributed by atoms with Gasteiger partial charge in [0.25, 0.3) is 0 Å². The normalized spacial score (nSPS) is 32.6. The molecule has 1 aromatic carbocycles. The van der Waals surface area contributed by atoms with Crippen molar-refractivity contribution in [1.29, 1.82) is 0 Å².